The maximum atomic E-state index is 12.5. The summed E-state index contributed by atoms with van der Waals surface area (Å²) in [5.41, 5.74) is 3.00. The van der Waals surface area contributed by atoms with Crippen molar-refractivity contribution in [1.82, 2.24) is 15.5 Å². The number of nitrogens with zero attached hydrogens (tertiary/aromatic N) is 3. The molecule has 1 unspecified atom stereocenters. The fourth-order valence-corrected chi connectivity index (χ4v) is 4.27. The Morgan fingerprint density at radius 3 is 2.55 bits per heavy atom. The topological polar surface area (TPSA) is 69.2 Å². The van der Waals surface area contributed by atoms with Crippen LogP contribution in [0.2, 0.25) is 0 Å². The lowest BCUT2D eigenvalue weighted by molar-refractivity contribution is 0.0857. The third-order valence-corrected chi connectivity index (χ3v) is 6.07. The molecule has 178 valence electrons. The molecule has 0 radical (unpaired) electrons. The third kappa shape index (κ3) is 7.07. The van der Waals surface area contributed by atoms with E-state index >= 15 is 0 Å². The van der Waals surface area contributed by atoms with Crippen LogP contribution < -0.4 is 15.5 Å². The van der Waals surface area contributed by atoms with Gasteiger partial charge in [0, 0.05) is 64.2 Å². The van der Waals surface area contributed by atoms with Crippen molar-refractivity contribution >= 4 is 41.5 Å². The molecule has 1 atom stereocenters. The molecule has 1 amide bonds. The summed E-state index contributed by atoms with van der Waals surface area (Å²) in [5, 5.41) is 6.45. The van der Waals surface area contributed by atoms with Crippen LogP contribution in [0.4, 0.5) is 5.69 Å². The Bertz CT molecular complexity index is 910. The van der Waals surface area contributed by atoms with Gasteiger partial charge in [0.1, 0.15) is 0 Å². The fourth-order valence-electron chi connectivity index (χ4n) is 4.27. The van der Waals surface area contributed by atoms with Gasteiger partial charge in [0.05, 0.1) is 6.10 Å². The van der Waals surface area contributed by atoms with Gasteiger partial charge in [-0.1, -0.05) is 30.3 Å². The van der Waals surface area contributed by atoms with Crippen molar-refractivity contribution < 1.29 is 9.53 Å². The molecule has 0 saturated carbocycles. The molecule has 8 heteroatoms. The van der Waals surface area contributed by atoms with E-state index in [1.165, 1.54) is 5.69 Å². The Morgan fingerprint density at radius 1 is 1.06 bits per heavy atom. The molecule has 0 aliphatic carbocycles. The number of hydrogen-bond donors (Lipinski definition) is 2. The smallest absolute Gasteiger partial charge is 0.251 e. The molecule has 2 N–H and O–H groups in total. The third-order valence-electron chi connectivity index (χ3n) is 6.07. The van der Waals surface area contributed by atoms with Crippen molar-refractivity contribution in [2.75, 3.05) is 51.3 Å². The molecule has 2 aliphatic heterocycles. The number of amides is 1. The minimum absolute atomic E-state index is 0. The Morgan fingerprint density at radius 2 is 1.85 bits per heavy atom. The first kappa shape index (κ1) is 25.3. The van der Waals surface area contributed by atoms with Gasteiger partial charge in [-0.15, -0.1) is 24.0 Å². The summed E-state index contributed by atoms with van der Waals surface area (Å²) in [6.07, 6.45) is 2.24. The van der Waals surface area contributed by atoms with Gasteiger partial charge in [0.2, 0.25) is 0 Å². The second-order valence-electron chi connectivity index (χ2n) is 8.26. The second kappa shape index (κ2) is 12.8. The van der Waals surface area contributed by atoms with Crippen molar-refractivity contribution in [3.8, 4) is 0 Å². The van der Waals surface area contributed by atoms with E-state index in [0.717, 1.165) is 57.2 Å². The number of anilines is 1. The molecule has 4 rings (SSSR count). The number of guanidine groups is 1. The van der Waals surface area contributed by atoms with E-state index in [4.69, 9.17) is 4.74 Å². The van der Waals surface area contributed by atoms with Gasteiger partial charge in [0.25, 0.3) is 5.91 Å². The number of ether oxygens (including phenoxy) is 1. The first-order valence-electron chi connectivity index (χ1n) is 11.5. The molecule has 33 heavy (non-hydrogen) atoms. The van der Waals surface area contributed by atoms with E-state index in [2.05, 4.69) is 49.7 Å². The summed E-state index contributed by atoms with van der Waals surface area (Å²) in [6, 6.07) is 18.3. The molecule has 2 aliphatic rings. The average molecular weight is 563 g/mol. The highest BCUT2D eigenvalue weighted by molar-refractivity contribution is 14.0. The van der Waals surface area contributed by atoms with Crippen LogP contribution in [-0.2, 0) is 11.3 Å². The molecular formula is C25H34IN5O2. The molecule has 2 fully saturated rings. The largest absolute Gasteiger partial charge is 0.376 e. The van der Waals surface area contributed by atoms with E-state index in [1.807, 2.05) is 37.4 Å². The molecule has 0 spiro atoms. The van der Waals surface area contributed by atoms with Crippen LogP contribution in [0.25, 0.3) is 0 Å². The van der Waals surface area contributed by atoms with E-state index in [-0.39, 0.29) is 36.0 Å². The molecule has 2 aromatic rings. The molecule has 2 saturated heterocycles. The monoisotopic (exact) mass is 563 g/mol. The number of hydrogen-bond acceptors (Lipinski definition) is 4. The lowest BCUT2D eigenvalue weighted by Crippen LogP contribution is -2.52. The van der Waals surface area contributed by atoms with Crippen LogP contribution >= 0.6 is 24.0 Å². The standard InChI is InChI=1S/C25H33N5O2.HI/c1-26-25(30-14-12-29(13-15-30)22-9-3-2-4-10-22)28-18-20-7-5-8-21(17-20)24(31)27-19-23-11-6-16-32-23;/h2-5,7-10,17,23H,6,11-16,18-19H2,1H3,(H,26,28)(H,27,31);1H. The van der Waals surface area contributed by atoms with Crippen LogP contribution in [0.5, 0.6) is 0 Å². The SMILES string of the molecule is CN=C(NCc1cccc(C(=O)NCC2CCCO2)c1)N1CCN(c2ccccc2)CC1.I. The van der Waals surface area contributed by atoms with E-state index in [1.54, 1.807) is 0 Å². The van der Waals surface area contributed by atoms with Crippen molar-refractivity contribution in [2.45, 2.75) is 25.5 Å². The first-order chi connectivity index (χ1) is 15.7. The Kier molecular flexibility index (Phi) is 9.80. The van der Waals surface area contributed by atoms with Crippen molar-refractivity contribution in [2.24, 2.45) is 4.99 Å². The fraction of sp³-hybridized carbons (Fsp3) is 0.440. The number of carbonyl (C=O) groups excluding carboxylic acids is 1. The lowest BCUT2D eigenvalue weighted by atomic mass is 10.1. The van der Waals surface area contributed by atoms with Crippen LogP contribution in [0.1, 0.15) is 28.8 Å². The molecule has 2 aromatic carbocycles. The second-order valence-corrected chi connectivity index (χ2v) is 8.26. The Balaban J connectivity index is 0.00000306. The first-order valence-corrected chi connectivity index (χ1v) is 11.5. The molecule has 0 bridgehead atoms. The minimum Gasteiger partial charge on any atom is -0.376 e. The van der Waals surface area contributed by atoms with Gasteiger partial charge in [-0.3, -0.25) is 9.79 Å². The van der Waals surface area contributed by atoms with Crippen LogP contribution in [0.3, 0.4) is 0 Å². The zero-order valence-corrected chi connectivity index (χ0v) is 21.5. The quantitative estimate of drug-likeness (QED) is 0.321. The summed E-state index contributed by atoms with van der Waals surface area (Å²) >= 11 is 0. The van der Waals surface area contributed by atoms with Crippen molar-refractivity contribution in [3.05, 3.63) is 65.7 Å². The normalized spacial score (nSPS) is 18.6. The zero-order chi connectivity index (χ0) is 22.2. The van der Waals surface area contributed by atoms with Gasteiger partial charge in [-0.05, 0) is 42.7 Å². The molecule has 2 heterocycles. The zero-order valence-electron chi connectivity index (χ0n) is 19.2. The number of piperazine rings is 1. The van der Waals surface area contributed by atoms with Crippen LogP contribution in [0, 0.1) is 0 Å². The van der Waals surface area contributed by atoms with E-state index < -0.39 is 0 Å². The van der Waals surface area contributed by atoms with Crippen molar-refractivity contribution in [3.63, 3.8) is 0 Å². The predicted octanol–water partition coefficient (Wildman–Crippen LogP) is 3.11. The Hall–Kier alpha value is -2.33. The molecule has 0 aromatic heterocycles. The van der Waals surface area contributed by atoms with Gasteiger partial charge in [0.15, 0.2) is 5.96 Å². The summed E-state index contributed by atoms with van der Waals surface area (Å²) < 4.78 is 5.58. The number of nitrogens with one attached hydrogen (secondary N) is 2. The van der Waals surface area contributed by atoms with Gasteiger partial charge >= 0.3 is 0 Å². The minimum atomic E-state index is -0.0521. The predicted molar refractivity (Wildman–Crippen MR) is 144 cm³/mol. The summed E-state index contributed by atoms with van der Waals surface area (Å²) in [5.74, 6) is 0.842. The summed E-state index contributed by atoms with van der Waals surface area (Å²) in [6.45, 7) is 5.75. The number of halogens is 1. The Labute approximate surface area is 213 Å². The molecular weight excluding hydrogens is 529 g/mol. The van der Waals surface area contributed by atoms with Gasteiger partial charge < -0.3 is 25.2 Å². The average Bonchev–Trinajstić information content (AvgIpc) is 3.38. The van der Waals surface area contributed by atoms with Crippen LogP contribution in [-0.4, -0.2) is 69.2 Å². The maximum Gasteiger partial charge on any atom is 0.251 e. The van der Waals surface area contributed by atoms with E-state index in [0.29, 0.717) is 18.7 Å². The lowest BCUT2D eigenvalue weighted by Gasteiger charge is -2.37. The van der Waals surface area contributed by atoms with Gasteiger partial charge in [-0.25, -0.2) is 0 Å². The summed E-state index contributed by atoms with van der Waals surface area (Å²) in [4.78, 5) is 21.7. The number of para-hydroxylation sites is 1. The number of rotatable bonds is 6. The van der Waals surface area contributed by atoms with Crippen LogP contribution in [0.15, 0.2) is 59.6 Å². The van der Waals surface area contributed by atoms with Crippen molar-refractivity contribution in [1.29, 1.82) is 0 Å². The summed E-state index contributed by atoms with van der Waals surface area (Å²) in [7, 11) is 1.82. The molecule has 7 nitrogen and oxygen atoms in total. The highest BCUT2D eigenvalue weighted by atomic mass is 127. The highest BCUT2D eigenvalue weighted by Crippen LogP contribution is 2.16. The number of benzene rings is 2. The van der Waals surface area contributed by atoms with Gasteiger partial charge in [-0.2, -0.15) is 0 Å². The highest BCUT2D eigenvalue weighted by Gasteiger charge is 2.20. The van der Waals surface area contributed by atoms with E-state index in [9.17, 15) is 4.79 Å². The number of aliphatic imine (C=N–C) groups is 1. The maximum absolute atomic E-state index is 12.5. The number of carbonyl (C=O) groups is 1.